The van der Waals surface area contributed by atoms with E-state index in [-0.39, 0.29) is 11.3 Å². The minimum Gasteiger partial charge on any atom is -0.369 e. The predicted molar refractivity (Wildman–Crippen MR) is 103 cm³/mol. The summed E-state index contributed by atoms with van der Waals surface area (Å²) in [4.78, 5) is 30.7. The van der Waals surface area contributed by atoms with Gasteiger partial charge in [-0.3, -0.25) is 14.2 Å². The van der Waals surface area contributed by atoms with Gasteiger partial charge in [-0.1, -0.05) is 42.1 Å². The van der Waals surface area contributed by atoms with Crippen LogP contribution in [0.15, 0.2) is 40.3 Å². The molecule has 3 rings (SSSR count). The van der Waals surface area contributed by atoms with Gasteiger partial charge in [-0.2, -0.15) is 0 Å². The van der Waals surface area contributed by atoms with E-state index in [2.05, 4.69) is 4.98 Å². The van der Waals surface area contributed by atoms with E-state index in [1.807, 2.05) is 44.2 Å². The zero-order valence-electron chi connectivity index (χ0n) is 14.1. The first-order valence-electron chi connectivity index (χ1n) is 7.93. The smallest absolute Gasteiger partial charge is 0.263 e. The number of amides is 1. The number of aryl methyl sites for hydroxylation is 3. The van der Waals surface area contributed by atoms with Crippen molar-refractivity contribution < 1.29 is 4.79 Å². The Bertz CT molecular complexity index is 977. The summed E-state index contributed by atoms with van der Waals surface area (Å²) in [7, 11) is 0. The fourth-order valence-corrected chi connectivity index (χ4v) is 4.47. The normalized spacial score (nSPS) is 11.1. The number of thiophene rings is 1. The number of benzene rings is 1. The molecule has 0 aliphatic rings. The topological polar surface area (TPSA) is 78.0 Å². The molecular weight excluding hydrogens is 354 g/mol. The maximum absolute atomic E-state index is 13.0. The molecule has 3 aromatic rings. The van der Waals surface area contributed by atoms with Crippen LogP contribution in [0.5, 0.6) is 0 Å². The number of fused-ring (bicyclic) bond motifs is 1. The fraction of sp³-hybridized carbons (Fsp3) is 0.278. The second-order valence-electron chi connectivity index (χ2n) is 5.81. The summed E-state index contributed by atoms with van der Waals surface area (Å²) in [6.07, 6.45) is 0.722. The zero-order valence-corrected chi connectivity index (χ0v) is 15.7. The Kier molecular flexibility index (Phi) is 5.24. The van der Waals surface area contributed by atoms with E-state index in [0.29, 0.717) is 17.1 Å². The van der Waals surface area contributed by atoms with Gasteiger partial charge in [0.25, 0.3) is 5.56 Å². The van der Waals surface area contributed by atoms with Gasteiger partial charge in [-0.25, -0.2) is 4.98 Å². The summed E-state index contributed by atoms with van der Waals surface area (Å²) >= 11 is 2.73. The summed E-state index contributed by atoms with van der Waals surface area (Å²) in [6.45, 7) is 4.46. The first kappa shape index (κ1) is 17.7. The summed E-state index contributed by atoms with van der Waals surface area (Å²) in [5, 5.41) is 1.23. The molecule has 2 N–H and O–H groups in total. The third-order valence-corrected chi connectivity index (χ3v) is 6.16. The largest absolute Gasteiger partial charge is 0.369 e. The van der Waals surface area contributed by atoms with Gasteiger partial charge in [0.2, 0.25) is 5.91 Å². The Hall–Kier alpha value is -2.12. The second-order valence-corrected chi connectivity index (χ2v) is 7.95. The van der Waals surface area contributed by atoms with Crippen molar-refractivity contribution in [2.45, 2.75) is 32.0 Å². The van der Waals surface area contributed by atoms with Crippen LogP contribution in [0.4, 0.5) is 0 Å². The number of aromatic nitrogens is 2. The molecule has 5 nitrogen and oxygen atoms in total. The summed E-state index contributed by atoms with van der Waals surface area (Å²) in [5.41, 5.74) is 7.35. The molecule has 130 valence electrons. The third-order valence-electron chi connectivity index (χ3n) is 4.06. The van der Waals surface area contributed by atoms with Gasteiger partial charge in [-0.15, -0.1) is 11.3 Å². The van der Waals surface area contributed by atoms with Crippen LogP contribution in [0.25, 0.3) is 10.2 Å². The highest BCUT2D eigenvalue weighted by Gasteiger charge is 2.17. The molecule has 0 fully saturated rings. The van der Waals surface area contributed by atoms with Gasteiger partial charge in [0.15, 0.2) is 5.16 Å². The van der Waals surface area contributed by atoms with Crippen LogP contribution in [0.3, 0.4) is 0 Å². The third kappa shape index (κ3) is 3.77. The number of primary amides is 1. The van der Waals surface area contributed by atoms with Crippen molar-refractivity contribution in [2.75, 3.05) is 5.75 Å². The molecular formula is C18H19N3O2S2. The number of rotatable bonds is 6. The van der Waals surface area contributed by atoms with E-state index in [1.165, 1.54) is 23.1 Å². The van der Waals surface area contributed by atoms with Crippen LogP contribution in [0, 0.1) is 13.8 Å². The molecule has 0 bridgehead atoms. The first-order valence-corrected chi connectivity index (χ1v) is 9.73. The number of nitrogens with two attached hydrogens (primary N) is 1. The highest BCUT2D eigenvalue weighted by Crippen LogP contribution is 2.28. The molecule has 0 aliphatic heterocycles. The van der Waals surface area contributed by atoms with Gasteiger partial charge in [-0.05, 0) is 31.4 Å². The summed E-state index contributed by atoms with van der Waals surface area (Å²) in [6, 6.07) is 10.00. The van der Waals surface area contributed by atoms with E-state index in [9.17, 15) is 9.59 Å². The number of carbonyl (C=O) groups excluding carboxylic acids is 1. The van der Waals surface area contributed by atoms with Crippen LogP contribution >= 0.6 is 23.1 Å². The highest BCUT2D eigenvalue weighted by molar-refractivity contribution is 7.99. The lowest BCUT2D eigenvalue weighted by Crippen LogP contribution is -2.25. The second kappa shape index (κ2) is 7.41. The monoisotopic (exact) mass is 373 g/mol. The van der Waals surface area contributed by atoms with Gasteiger partial charge >= 0.3 is 0 Å². The van der Waals surface area contributed by atoms with Crippen LogP contribution in [0.1, 0.15) is 16.0 Å². The quantitative estimate of drug-likeness (QED) is 0.532. The summed E-state index contributed by atoms with van der Waals surface area (Å²) < 4.78 is 1.67. The molecule has 1 amide bonds. The van der Waals surface area contributed by atoms with E-state index in [0.717, 1.165) is 27.3 Å². The van der Waals surface area contributed by atoms with E-state index < -0.39 is 5.91 Å². The number of nitrogens with zero attached hydrogens (tertiary/aromatic N) is 2. The lowest BCUT2D eigenvalue weighted by atomic mass is 10.1. The average Bonchev–Trinajstić information content (AvgIpc) is 2.87. The standard InChI is InChI=1S/C18H19N3O2S2/c1-11-12(2)25-16-15(11)17(23)21(18(20-16)24-10-14(19)22)9-8-13-6-4-3-5-7-13/h3-7H,8-10H2,1-2H3,(H2,19,22). The van der Waals surface area contributed by atoms with Crippen molar-refractivity contribution in [3.8, 4) is 0 Å². The van der Waals surface area contributed by atoms with Crippen LogP contribution < -0.4 is 11.3 Å². The number of hydrogen-bond donors (Lipinski definition) is 1. The minimum atomic E-state index is -0.424. The number of hydrogen-bond acceptors (Lipinski definition) is 5. The summed E-state index contributed by atoms with van der Waals surface area (Å²) in [5.74, 6) is -0.320. The average molecular weight is 374 g/mol. The molecule has 0 radical (unpaired) electrons. The van der Waals surface area contributed by atoms with Gasteiger partial charge in [0.05, 0.1) is 11.1 Å². The Morgan fingerprint density at radius 1 is 1.28 bits per heavy atom. The fourth-order valence-electron chi connectivity index (χ4n) is 2.64. The van der Waals surface area contributed by atoms with E-state index in [4.69, 9.17) is 5.73 Å². The van der Waals surface area contributed by atoms with Gasteiger partial charge in [0, 0.05) is 11.4 Å². The highest BCUT2D eigenvalue weighted by atomic mass is 32.2. The van der Waals surface area contributed by atoms with Crippen molar-refractivity contribution in [3.05, 3.63) is 56.7 Å². The zero-order chi connectivity index (χ0) is 18.0. The van der Waals surface area contributed by atoms with Gasteiger partial charge < -0.3 is 5.73 Å². The van der Waals surface area contributed by atoms with Crippen molar-refractivity contribution in [1.82, 2.24) is 9.55 Å². The molecule has 1 aromatic carbocycles. The molecule has 25 heavy (non-hydrogen) atoms. The molecule has 7 heteroatoms. The van der Waals surface area contributed by atoms with E-state index >= 15 is 0 Å². The lowest BCUT2D eigenvalue weighted by molar-refractivity contribution is -0.115. The molecule has 0 saturated carbocycles. The van der Waals surface area contributed by atoms with Crippen LogP contribution in [-0.4, -0.2) is 21.2 Å². The molecule has 0 aliphatic carbocycles. The van der Waals surface area contributed by atoms with Crippen LogP contribution in [0.2, 0.25) is 0 Å². The molecule has 0 atom stereocenters. The van der Waals surface area contributed by atoms with Crippen LogP contribution in [-0.2, 0) is 17.8 Å². The van der Waals surface area contributed by atoms with Crippen molar-refractivity contribution in [2.24, 2.45) is 5.73 Å². The molecule has 2 heterocycles. The molecule has 0 saturated heterocycles. The Morgan fingerprint density at radius 2 is 2.00 bits per heavy atom. The lowest BCUT2D eigenvalue weighted by Gasteiger charge is -2.12. The first-order chi connectivity index (χ1) is 12.0. The number of thioether (sulfide) groups is 1. The Labute approximate surface area is 153 Å². The van der Waals surface area contributed by atoms with Crippen molar-refractivity contribution in [1.29, 1.82) is 0 Å². The molecule has 2 aromatic heterocycles. The van der Waals surface area contributed by atoms with Crippen molar-refractivity contribution in [3.63, 3.8) is 0 Å². The molecule has 0 spiro atoms. The molecule has 0 unspecified atom stereocenters. The minimum absolute atomic E-state index is 0.0465. The number of carbonyl (C=O) groups is 1. The Balaban J connectivity index is 2.04. The van der Waals surface area contributed by atoms with Gasteiger partial charge in [0.1, 0.15) is 4.83 Å². The predicted octanol–water partition coefficient (Wildman–Crippen LogP) is 2.89. The van der Waals surface area contributed by atoms with E-state index in [1.54, 1.807) is 4.57 Å². The maximum atomic E-state index is 13.0. The maximum Gasteiger partial charge on any atom is 0.263 e. The SMILES string of the molecule is Cc1sc2nc(SCC(N)=O)n(CCc3ccccc3)c(=O)c2c1C. The van der Waals surface area contributed by atoms with Crippen molar-refractivity contribution >= 4 is 39.2 Å². The Morgan fingerprint density at radius 3 is 2.68 bits per heavy atom.